The molecule has 6 rings (SSSR count). The summed E-state index contributed by atoms with van der Waals surface area (Å²) in [7, 11) is 0. The van der Waals surface area contributed by atoms with Gasteiger partial charge in [0.1, 0.15) is 37.1 Å². The third-order valence-electron chi connectivity index (χ3n) is 11.0. The van der Waals surface area contributed by atoms with E-state index in [-0.39, 0.29) is 16.7 Å². The van der Waals surface area contributed by atoms with Crippen molar-refractivity contribution < 1.29 is 101 Å². The quantitative estimate of drug-likeness (QED) is 0.115. The Morgan fingerprint density at radius 3 is 1.45 bits per heavy atom. The zero-order valence-electron chi connectivity index (χ0n) is 37.9. The lowest BCUT2D eigenvalue weighted by Gasteiger charge is -2.50. The molecule has 372 valence electrons. The van der Waals surface area contributed by atoms with Gasteiger partial charge < -0.3 is 72.7 Å². The molecule has 69 heavy (non-hydrogen) atoms. The van der Waals surface area contributed by atoms with Gasteiger partial charge in [-0.05, 0) is 43.3 Å². The highest BCUT2D eigenvalue weighted by atomic mass is 16.8. The molecule has 22 nitrogen and oxygen atoms in total. The van der Waals surface area contributed by atoms with Crippen molar-refractivity contribution in [3.8, 4) is 0 Å². The maximum absolute atomic E-state index is 14.1. The molecule has 22 heteroatoms. The predicted octanol–water partition coefficient (Wildman–Crippen LogP) is 0.905. The molecule has 0 saturated carbocycles. The van der Waals surface area contributed by atoms with Crippen molar-refractivity contribution in [2.45, 2.75) is 127 Å². The van der Waals surface area contributed by atoms with Crippen LogP contribution in [0.25, 0.3) is 0 Å². The fraction of sp³-hybridized carbons (Fsp3) is 0.468. The number of aliphatic hydroxyl groups is 3. The minimum absolute atomic E-state index is 0.00131. The first-order chi connectivity index (χ1) is 32.9. The smallest absolute Gasteiger partial charge is 0.338 e. The maximum atomic E-state index is 14.1. The first kappa shape index (κ1) is 52.0. The van der Waals surface area contributed by atoms with Crippen LogP contribution in [0.3, 0.4) is 0 Å². The van der Waals surface area contributed by atoms with Gasteiger partial charge in [0, 0.05) is 27.7 Å². The Labute approximate surface area is 394 Å². The van der Waals surface area contributed by atoms with E-state index in [0.717, 1.165) is 27.7 Å². The van der Waals surface area contributed by atoms with Crippen molar-refractivity contribution in [2.24, 2.45) is 0 Å². The molecule has 3 aliphatic heterocycles. The average Bonchev–Trinajstić information content (AvgIpc) is 3.32. The Bertz CT molecular complexity index is 2250. The summed E-state index contributed by atoms with van der Waals surface area (Å²) in [5, 5.41) is 35.0. The van der Waals surface area contributed by atoms with Crippen LogP contribution < -0.4 is 5.32 Å². The van der Waals surface area contributed by atoms with Crippen LogP contribution in [0.2, 0.25) is 0 Å². The fourth-order valence-electron chi connectivity index (χ4n) is 7.87. The fourth-order valence-corrected chi connectivity index (χ4v) is 7.87. The second-order valence-corrected chi connectivity index (χ2v) is 16.1. The van der Waals surface area contributed by atoms with E-state index in [1.165, 1.54) is 43.3 Å². The maximum Gasteiger partial charge on any atom is 0.338 e. The molecule has 3 aromatic rings. The standard InChI is InChI=1S/C47H53NO21/c1-23-35(65-42(55)28-15-9-6-10-16-28)38(66-43(56)29-17-11-7-12-18-29)40(67-44(57)30-19-13-8-14-20-30)46(60-23)69-41-39(62-27(5)53)36(61-26(4)52)32(22-59-25(3)51)64-47(41)68-37-33(48-24(2)50)45(58)63-31(21-49)34(37)54/h6-20,23,31-41,45-47,49,54,58H,21-22H2,1-5H3,(H,48,50)/t23-,31?,32?,33?,34+,35?,36-,37?,38?,39?,40-,41?,45+,46?,47-/m0/s1. The van der Waals surface area contributed by atoms with Gasteiger partial charge >= 0.3 is 35.8 Å². The highest BCUT2D eigenvalue weighted by Crippen LogP contribution is 2.37. The van der Waals surface area contributed by atoms with Crippen molar-refractivity contribution in [2.75, 3.05) is 13.2 Å². The average molecular weight is 968 g/mol. The van der Waals surface area contributed by atoms with Crippen molar-refractivity contribution in [3.05, 3.63) is 108 Å². The number of benzene rings is 3. The molecule has 9 unspecified atom stereocenters. The summed E-state index contributed by atoms with van der Waals surface area (Å²) in [6, 6.07) is 21.4. The Hall–Kier alpha value is -6.37. The number of aliphatic hydroxyl groups excluding tert-OH is 3. The molecular weight excluding hydrogens is 915 g/mol. The van der Waals surface area contributed by atoms with E-state index in [2.05, 4.69) is 5.32 Å². The van der Waals surface area contributed by atoms with Crippen LogP contribution in [-0.2, 0) is 71.3 Å². The Balaban J connectivity index is 1.50. The minimum Gasteiger partial charge on any atom is -0.463 e. The number of nitrogens with one attached hydrogen (secondary N) is 1. The second-order valence-electron chi connectivity index (χ2n) is 16.1. The van der Waals surface area contributed by atoms with Crippen molar-refractivity contribution >= 4 is 41.7 Å². The van der Waals surface area contributed by atoms with E-state index in [0.29, 0.717) is 0 Å². The van der Waals surface area contributed by atoms with Gasteiger partial charge in [-0.3, -0.25) is 19.2 Å². The van der Waals surface area contributed by atoms with E-state index in [1.807, 2.05) is 0 Å². The number of carbonyl (C=O) groups is 7. The lowest BCUT2D eigenvalue weighted by molar-refractivity contribution is -0.379. The lowest BCUT2D eigenvalue weighted by atomic mass is 9.94. The number of hydrogen-bond acceptors (Lipinski definition) is 21. The van der Waals surface area contributed by atoms with Crippen LogP contribution in [0.4, 0.5) is 0 Å². The summed E-state index contributed by atoms with van der Waals surface area (Å²) in [6.45, 7) is 4.08. The van der Waals surface area contributed by atoms with Crippen molar-refractivity contribution in [1.82, 2.24) is 5.32 Å². The van der Waals surface area contributed by atoms with E-state index in [4.69, 9.17) is 52.1 Å². The van der Waals surface area contributed by atoms with Crippen LogP contribution >= 0.6 is 0 Å². The monoisotopic (exact) mass is 967 g/mol. The van der Waals surface area contributed by atoms with Gasteiger partial charge in [-0.2, -0.15) is 0 Å². The highest BCUT2D eigenvalue weighted by molar-refractivity contribution is 5.91. The molecule has 0 radical (unpaired) electrons. The molecule has 1 amide bonds. The molecule has 0 spiro atoms. The lowest BCUT2D eigenvalue weighted by Crippen LogP contribution is -2.69. The van der Waals surface area contributed by atoms with Crippen molar-refractivity contribution in [1.29, 1.82) is 0 Å². The highest BCUT2D eigenvalue weighted by Gasteiger charge is 2.59. The van der Waals surface area contributed by atoms with Crippen molar-refractivity contribution in [3.63, 3.8) is 0 Å². The van der Waals surface area contributed by atoms with Crippen LogP contribution in [0.15, 0.2) is 91.0 Å². The molecule has 0 aromatic heterocycles. The second kappa shape index (κ2) is 23.8. The summed E-state index contributed by atoms with van der Waals surface area (Å²) in [5.41, 5.74) is 0.132. The molecule has 3 fully saturated rings. The van der Waals surface area contributed by atoms with Crippen LogP contribution in [0.5, 0.6) is 0 Å². The van der Waals surface area contributed by atoms with E-state index in [1.54, 1.807) is 54.6 Å². The first-order valence-electron chi connectivity index (χ1n) is 21.7. The SMILES string of the molecule is CC(=O)NC1C(O[C@@H]2OC(COC(C)=O)[C@H](OC(C)=O)C(OC(C)=O)C2OC2O[C@@H](C)C(OC(=O)c3ccccc3)C(OC(=O)c3ccccc3)[C@@H]2OC(=O)c2ccccc2)[C@H](O)C(CO)O[C@H]1O. The molecule has 3 heterocycles. The summed E-state index contributed by atoms with van der Waals surface area (Å²) in [5.74, 6) is -6.35. The molecule has 3 saturated heterocycles. The van der Waals surface area contributed by atoms with E-state index < -0.39 is 147 Å². The summed E-state index contributed by atoms with van der Waals surface area (Å²) in [6.07, 6.45) is -24.6. The van der Waals surface area contributed by atoms with Gasteiger partial charge in [-0.25, -0.2) is 14.4 Å². The van der Waals surface area contributed by atoms with Crippen LogP contribution in [-0.4, -0.2) is 162 Å². The van der Waals surface area contributed by atoms with Gasteiger partial charge in [0.15, 0.2) is 55.5 Å². The van der Waals surface area contributed by atoms with Gasteiger partial charge in [0.05, 0.1) is 29.4 Å². The zero-order chi connectivity index (χ0) is 49.9. The topological polar surface area (TPSA) is 294 Å². The van der Waals surface area contributed by atoms with Gasteiger partial charge in [-0.15, -0.1) is 0 Å². The van der Waals surface area contributed by atoms with Gasteiger partial charge in [0.25, 0.3) is 0 Å². The zero-order valence-corrected chi connectivity index (χ0v) is 37.9. The van der Waals surface area contributed by atoms with Crippen LogP contribution in [0.1, 0.15) is 65.7 Å². The van der Waals surface area contributed by atoms with E-state index in [9.17, 15) is 48.9 Å². The summed E-state index contributed by atoms with van der Waals surface area (Å²) >= 11 is 0. The molecule has 0 aliphatic carbocycles. The number of hydrogen-bond donors (Lipinski definition) is 4. The largest absolute Gasteiger partial charge is 0.463 e. The minimum atomic E-state index is -2.01. The third-order valence-corrected chi connectivity index (χ3v) is 11.0. The third kappa shape index (κ3) is 13.2. The molecule has 3 aliphatic rings. The number of carbonyl (C=O) groups excluding carboxylic acids is 7. The summed E-state index contributed by atoms with van der Waals surface area (Å²) < 4.78 is 65.8. The van der Waals surface area contributed by atoms with Gasteiger partial charge in [-0.1, -0.05) is 54.6 Å². The first-order valence-corrected chi connectivity index (χ1v) is 21.7. The molecular formula is C47H53NO21. The van der Waals surface area contributed by atoms with Gasteiger partial charge in [0.2, 0.25) is 5.91 Å². The number of rotatable bonds is 16. The number of esters is 6. The summed E-state index contributed by atoms with van der Waals surface area (Å²) in [4.78, 5) is 92.2. The normalized spacial score (nSPS) is 30.9. The molecule has 0 bridgehead atoms. The Kier molecular flexibility index (Phi) is 17.9. The Morgan fingerprint density at radius 1 is 0.522 bits per heavy atom. The Morgan fingerprint density at radius 2 is 0.971 bits per heavy atom. The molecule has 3 aromatic carbocycles. The molecule has 15 atom stereocenters. The number of amides is 1. The number of ether oxygens (including phenoxy) is 11. The van der Waals surface area contributed by atoms with Crippen LogP contribution in [0, 0.1) is 0 Å². The molecule has 4 N–H and O–H groups in total. The predicted molar refractivity (Wildman–Crippen MR) is 229 cm³/mol. The van der Waals surface area contributed by atoms with E-state index >= 15 is 0 Å².